The Kier molecular flexibility index (Phi) is 3.14. The number of rotatable bonds is 3. The molecule has 2 fully saturated rings. The van der Waals surface area contributed by atoms with Gasteiger partial charge in [-0.15, -0.1) is 0 Å². The molecule has 2 aliphatic rings. The van der Waals surface area contributed by atoms with E-state index < -0.39 is 0 Å². The molecular weight excluding hydrogens is 190 g/mol. The van der Waals surface area contributed by atoms with Gasteiger partial charge in [0.1, 0.15) is 0 Å². The molecule has 0 radical (unpaired) electrons. The van der Waals surface area contributed by atoms with E-state index in [2.05, 4.69) is 10.6 Å². The third-order valence-corrected chi connectivity index (χ3v) is 3.77. The average Bonchev–Trinajstić information content (AvgIpc) is 2.64. The highest BCUT2D eigenvalue weighted by Crippen LogP contribution is 2.30. The lowest BCUT2D eigenvalue weighted by molar-refractivity contribution is 0.180. The number of hydrogen-bond acceptors (Lipinski definition) is 2. The predicted octanol–water partition coefficient (Wildman–Crippen LogP) is 1.11. The quantitative estimate of drug-likeness (QED) is 0.654. The summed E-state index contributed by atoms with van der Waals surface area (Å²) in [4.78, 5) is 11.7. The monoisotopic (exact) mass is 211 g/mol. The van der Waals surface area contributed by atoms with Crippen LogP contribution in [0.2, 0.25) is 0 Å². The van der Waals surface area contributed by atoms with Crippen LogP contribution in [-0.4, -0.2) is 24.2 Å². The summed E-state index contributed by atoms with van der Waals surface area (Å²) in [5, 5.41) is 6.06. The molecule has 2 aliphatic carbocycles. The van der Waals surface area contributed by atoms with Gasteiger partial charge in [-0.2, -0.15) is 0 Å². The number of amides is 2. The van der Waals surface area contributed by atoms with E-state index in [-0.39, 0.29) is 11.6 Å². The molecule has 0 spiro atoms. The maximum Gasteiger partial charge on any atom is 0.315 e. The van der Waals surface area contributed by atoms with Crippen molar-refractivity contribution < 1.29 is 4.79 Å². The number of nitrogens with two attached hydrogens (primary N) is 1. The van der Waals surface area contributed by atoms with Crippen LogP contribution in [0.1, 0.15) is 44.9 Å². The van der Waals surface area contributed by atoms with Crippen molar-refractivity contribution in [2.75, 3.05) is 6.54 Å². The maximum absolute atomic E-state index is 11.7. The van der Waals surface area contributed by atoms with E-state index in [1.54, 1.807) is 0 Å². The first kappa shape index (κ1) is 10.7. The molecule has 4 heteroatoms. The Labute approximate surface area is 91.0 Å². The van der Waals surface area contributed by atoms with Gasteiger partial charge in [-0.05, 0) is 32.1 Å². The van der Waals surface area contributed by atoms with Crippen LogP contribution >= 0.6 is 0 Å². The van der Waals surface area contributed by atoms with Crippen LogP contribution in [0, 0.1) is 0 Å². The second-order valence-corrected chi connectivity index (χ2v) is 4.92. The summed E-state index contributed by atoms with van der Waals surface area (Å²) >= 11 is 0. The van der Waals surface area contributed by atoms with Crippen LogP contribution in [0.25, 0.3) is 0 Å². The summed E-state index contributed by atoms with van der Waals surface area (Å²) in [5.74, 6) is 0. The van der Waals surface area contributed by atoms with Gasteiger partial charge in [-0.3, -0.25) is 0 Å². The fourth-order valence-electron chi connectivity index (χ4n) is 2.52. The SMILES string of the molecule is NCC1(NC(=O)NC2CCCC2)CCC1. The van der Waals surface area contributed by atoms with E-state index in [4.69, 9.17) is 5.73 Å². The van der Waals surface area contributed by atoms with Crippen molar-refractivity contribution in [3.63, 3.8) is 0 Å². The smallest absolute Gasteiger partial charge is 0.315 e. The maximum atomic E-state index is 11.7. The third-order valence-electron chi connectivity index (χ3n) is 3.77. The summed E-state index contributed by atoms with van der Waals surface area (Å²) < 4.78 is 0. The Hall–Kier alpha value is -0.770. The molecule has 4 nitrogen and oxygen atoms in total. The van der Waals surface area contributed by atoms with E-state index in [1.807, 2.05) is 0 Å². The summed E-state index contributed by atoms with van der Waals surface area (Å²) in [7, 11) is 0. The lowest BCUT2D eigenvalue weighted by Gasteiger charge is -2.41. The molecule has 2 rings (SSSR count). The van der Waals surface area contributed by atoms with Crippen LogP contribution < -0.4 is 16.4 Å². The van der Waals surface area contributed by atoms with Gasteiger partial charge in [0.25, 0.3) is 0 Å². The van der Waals surface area contributed by atoms with Gasteiger partial charge in [0.2, 0.25) is 0 Å². The van der Waals surface area contributed by atoms with E-state index in [0.717, 1.165) is 25.7 Å². The summed E-state index contributed by atoms with van der Waals surface area (Å²) in [6.45, 7) is 0.561. The van der Waals surface area contributed by atoms with Crippen LogP contribution in [0.5, 0.6) is 0 Å². The lowest BCUT2D eigenvalue weighted by Crippen LogP contribution is -2.61. The lowest BCUT2D eigenvalue weighted by atomic mass is 9.77. The first-order valence-electron chi connectivity index (χ1n) is 6.03. The van der Waals surface area contributed by atoms with Crippen molar-refractivity contribution >= 4 is 6.03 Å². The first-order valence-corrected chi connectivity index (χ1v) is 6.03. The zero-order chi connectivity index (χ0) is 10.7. The first-order chi connectivity index (χ1) is 7.24. The molecule has 0 atom stereocenters. The second kappa shape index (κ2) is 4.39. The molecule has 86 valence electrons. The number of carbonyl (C=O) groups is 1. The normalized spacial score (nSPS) is 24.6. The minimum atomic E-state index is -0.0946. The number of nitrogens with one attached hydrogen (secondary N) is 2. The van der Waals surface area contributed by atoms with Gasteiger partial charge < -0.3 is 16.4 Å². The second-order valence-electron chi connectivity index (χ2n) is 4.92. The largest absolute Gasteiger partial charge is 0.335 e. The highest BCUT2D eigenvalue weighted by molar-refractivity contribution is 5.75. The Balaban J connectivity index is 1.76. The van der Waals surface area contributed by atoms with Crippen LogP contribution in [0.4, 0.5) is 4.79 Å². The molecular formula is C11H21N3O. The summed E-state index contributed by atoms with van der Waals surface area (Å²) in [6, 6.07) is 0.368. The molecule has 4 N–H and O–H groups in total. The molecule has 2 saturated carbocycles. The Morgan fingerprint density at radius 2 is 1.93 bits per heavy atom. The number of carbonyl (C=O) groups excluding carboxylic acids is 1. The molecule has 0 saturated heterocycles. The number of hydrogen-bond donors (Lipinski definition) is 3. The molecule has 0 heterocycles. The Morgan fingerprint density at radius 1 is 1.27 bits per heavy atom. The van der Waals surface area contributed by atoms with Crippen molar-refractivity contribution in [1.82, 2.24) is 10.6 Å². The number of urea groups is 1. The molecule has 0 bridgehead atoms. The zero-order valence-electron chi connectivity index (χ0n) is 9.22. The van der Waals surface area contributed by atoms with E-state index in [1.165, 1.54) is 19.3 Å². The van der Waals surface area contributed by atoms with E-state index >= 15 is 0 Å². The fraction of sp³-hybridized carbons (Fsp3) is 0.909. The van der Waals surface area contributed by atoms with Gasteiger partial charge in [0.15, 0.2) is 0 Å². The van der Waals surface area contributed by atoms with Crippen molar-refractivity contribution in [1.29, 1.82) is 0 Å². The van der Waals surface area contributed by atoms with Crippen LogP contribution in [0.15, 0.2) is 0 Å². The highest BCUT2D eigenvalue weighted by atomic mass is 16.2. The minimum absolute atomic E-state index is 0.0212. The van der Waals surface area contributed by atoms with E-state index in [9.17, 15) is 4.79 Å². The molecule has 0 aliphatic heterocycles. The van der Waals surface area contributed by atoms with Gasteiger partial charge in [0, 0.05) is 12.6 Å². The summed E-state index contributed by atoms with van der Waals surface area (Å²) in [6.07, 6.45) is 7.98. The van der Waals surface area contributed by atoms with Gasteiger partial charge in [-0.1, -0.05) is 12.8 Å². The van der Waals surface area contributed by atoms with Gasteiger partial charge >= 0.3 is 6.03 Å². The van der Waals surface area contributed by atoms with Gasteiger partial charge in [-0.25, -0.2) is 4.79 Å². The fourth-order valence-corrected chi connectivity index (χ4v) is 2.52. The van der Waals surface area contributed by atoms with Crippen molar-refractivity contribution in [3.05, 3.63) is 0 Å². The Bertz CT molecular complexity index is 226. The van der Waals surface area contributed by atoms with Crippen molar-refractivity contribution in [3.8, 4) is 0 Å². The van der Waals surface area contributed by atoms with Crippen molar-refractivity contribution in [2.24, 2.45) is 5.73 Å². The Morgan fingerprint density at radius 3 is 2.40 bits per heavy atom. The molecule has 2 amide bonds. The topological polar surface area (TPSA) is 67.1 Å². The third kappa shape index (κ3) is 2.43. The predicted molar refractivity (Wildman–Crippen MR) is 59.6 cm³/mol. The summed E-state index contributed by atoms with van der Waals surface area (Å²) in [5.41, 5.74) is 5.59. The molecule has 15 heavy (non-hydrogen) atoms. The highest BCUT2D eigenvalue weighted by Gasteiger charge is 2.37. The van der Waals surface area contributed by atoms with Crippen molar-refractivity contribution in [2.45, 2.75) is 56.5 Å². The molecule has 0 unspecified atom stereocenters. The average molecular weight is 211 g/mol. The minimum Gasteiger partial charge on any atom is -0.335 e. The molecule has 0 aromatic heterocycles. The molecule has 0 aromatic carbocycles. The standard InChI is InChI=1S/C11H21N3O/c12-8-11(6-3-7-11)14-10(15)13-9-4-1-2-5-9/h9H,1-8,12H2,(H2,13,14,15). The molecule has 0 aromatic rings. The van der Waals surface area contributed by atoms with Crippen LogP contribution in [-0.2, 0) is 0 Å². The van der Waals surface area contributed by atoms with E-state index in [0.29, 0.717) is 12.6 Å². The zero-order valence-corrected chi connectivity index (χ0v) is 9.22. The van der Waals surface area contributed by atoms with Gasteiger partial charge in [0.05, 0.1) is 5.54 Å². The van der Waals surface area contributed by atoms with Crippen LogP contribution in [0.3, 0.4) is 0 Å².